The Morgan fingerprint density at radius 2 is 1.96 bits per heavy atom. The number of carbonyl (C=O) groups is 1. The van der Waals surface area contributed by atoms with Crippen LogP contribution < -0.4 is 5.43 Å². The van der Waals surface area contributed by atoms with E-state index in [0.717, 1.165) is 12.1 Å². The molecule has 0 unspecified atom stereocenters. The van der Waals surface area contributed by atoms with Gasteiger partial charge in [-0.05, 0) is 38.1 Å². The molecule has 2 heterocycles. The van der Waals surface area contributed by atoms with Crippen LogP contribution in [0, 0.1) is 18.6 Å². The van der Waals surface area contributed by atoms with E-state index in [0.29, 0.717) is 5.69 Å². The van der Waals surface area contributed by atoms with E-state index in [1.165, 1.54) is 23.0 Å². The monoisotopic (exact) mass is 393 g/mol. The molecule has 0 aliphatic carbocycles. The normalized spacial score (nSPS) is 11.0. The summed E-state index contributed by atoms with van der Waals surface area (Å²) in [6, 6.07) is 4.44. The molecule has 1 aromatic carbocycles. The van der Waals surface area contributed by atoms with Gasteiger partial charge in [-0.2, -0.15) is 5.10 Å². The van der Waals surface area contributed by atoms with Crippen molar-refractivity contribution in [3.63, 3.8) is 0 Å². The van der Waals surface area contributed by atoms with Crippen LogP contribution in [0.1, 0.15) is 23.0 Å². The Balaban J connectivity index is 2.45. The maximum atomic E-state index is 13.7. The van der Waals surface area contributed by atoms with Gasteiger partial charge >= 0.3 is 5.97 Å². The number of hydrogen-bond acceptors (Lipinski definition) is 3. The Kier molecular flexibility index (Phi) is 4.84. The van der Waals surface area contributed by atoms with E-state index < -0.39 is 28.6 Å². The first kappa shape index (κ1) is 18.8. The molecule has 0 atom stereocenters. The summed E-state index contributed by atoms with van der Waals surface area (Å²) in [5.74, 6) is -3.69. The lowest BCUT2D eigenvalue weighted by molar-refractivity contribution is 0.0695. The van der Waals surface area contributed by atoms with Crippen molar-refractivity contribution in [3.05, 3.63) is 68.7 Å². The highest BCUT2D eigenvalue weighted by atomic mass is 35.5. The summed E-state index contributed by atoms with van der Waals surface area (Å²) >= 11 is 5.82. The second-order valence-corrected chi connectivity index (χ2v) is 6.14. The number of nitrogens with zero attached hydrogens (tertiary/aromatic N) is 3. The van der Waals surface area contributed by atoms with E-state index in [9.17, 15) is 23.5 Å². The third-order valence-electron chi connectivity index (χ3n) is 4.21. The van der Waals surface area contributed by atoms with Crippen LogP contribution in [0.2, 0.25) is 5.15 Å². The van der Waals surface area contributed by atoms with Crippen molar-refractivity contribution in [2.45, 2.75) is 20.4 Å². The van der Waals surface area contributed by atoms with Crippen molar-refractivity contribution in [2.75, 3.05) is 0 Å². The Labute approximate surface area is 157 Å². The maximum absolute atomic E-state index is 13.7. The van der Waals surface area contributed by atoms with Gasteiger partial charge in [-0.15, -0.1) is 0 Å². The highest BCUT2D eigenvalue weighted by Gasteiger charge is 2.26. The highest BCUT2D eigenvalue weighted by Crippen LogP contribution is 2.27. The summed E-state index contributed by atoms with van der Waals surface area (Å²) in [4.78, 5) is 24.9. The van der Waals surface area contributed by atoms with Crippen LogP contribution in [0.3, 0.4) is 0 Å². The third-order valence-corrected chi connectivity index (χ3v) is 4.41. The van der Waals surface area contributed by atoms with Gasteiger partial charge in [-0.25, -0.2) is 18.3 Å². The molecule has 0 saturated carbocycles. The lowest BCUT2D eigenvalue weighted by Crippen LogP contribution is -2.28. The van der Waals surface area contributed by atoms with Crippen molar-refractivity contribution in [1.29, 1.82) is 0 Å². The smallest absolute Gasteiger partial charge is 0.341 e. The number of rotatable bonds is 4. The van der Waals surface area contributed by atoms with E-state index in [-0.39, 0.29) is 28.6 Å². The van der Waals surface area contributed by atoms with Gasteiger partial charge in [0.25, 0.3) is 0 Å². The van der Waals surface area contributed by atoms with Gasteiger partial charge in [0.2, 0.25) is 5.43 Å². The van der Waals surface area contributed by atoms with Crippen molar-refractivity contribution in [2.24, 2.45) is 0 Å². The number of halogens is 3. The number of carboxylic acid groups (broad SMARTS) is 1. The standard InChI is InChI=1S/C18H14ClF2N3O3/c1-3-23-9(2)15(24-7-6-13(19)22-24)17(25)14(18(26)27)16(23)10-4-5-11(20)12(21)8-10/h4-8H,3H2,1-2H3,(H,26,27). The molecule has 0 radical (unpaired) electrons. The summed E-state index contributed by atoms with van der Waals surface area (Å²) in [5, 5.41) is 13.8. The SMILES string of the molecule is CCn1c(C)c(-n2ccc(Cl)n2)c(=O)c(C(=O)O)c1-c1ccc(F)c(F)c1. The Bertz CT molecular complexity index is 1120. The molecule has 1 N–H and O–H groups in total. The quantitative estimate of drug-likeness (QED) is 0.733. The largest absolute Gasteiger partial charge is 0.477 e. The molecule has 27 heavy (non-hydrogen) atoms. The molecule has 140 valence electrons. The molecule has 9 heteroatoms. The number of pyridine rings is 1. The van der Waals surface area contributed by atoms with Crippen LogP contribution in [-0.2, 0) is 6.54 Å². The second-order valence-electron chi connectivity index (χ2n) is 5.75. The summed E-state index contributed by atoms with van der Waals surface area (Å²) in [7, 11) is 0. The fraction of sp³-hybridized carbons (Fsp3) is 0.167. The number of carboxylic acids is 1. The number of benzene rings is 1. The summed E-state index contributed by atoms with van der Waals surface area (Å²) in [5.41, 5.74) is -0.856. The van der Waals surface area contributed by atoms with Gasteiger partial charge in [0.1, 0.15) is 11.3 Å². The van der Waals surface area contributed by atoms with Crippen molar-refractivity contribution < 1.29 is 18.7 Å². The maximum Gasteiger partial charge on any atom is 0.341 e. The Morgan fingerprint density at radius 3 is 2.48 bits per heavy atom. The predicted octanol–water partition coefficient (Wildman–Crippen LogP) is 3.66. The van der Waals surface area contributed by atoms with Crippen LogP contribution >= 0.6 is 11.6 Å². The topological polar surface area (TPSA) is 77.1 Å². The molecule has 3 rings (SSSR count). The Hall–Kier alpha value is -3.00. The number of aromatic carboxylic acids is 1. The van der Waals surface area contributed by atoms with Crippen molar-refractivity contribution in [1.82, 2.24) is 14.3 Å². The lowest BCUT2D eigenvalue weighted by Gasteiger charge is -2.20. The van der Waals surface area contributed by atoms with Crippen LogP contribution in [0.25, 0.3) is 16.9 Å². The van der Waals surface area contributed by atoms with Crippen LogP contribution in [0.15, 0.2) is 35.3 Å². The molecule has 6 nitrogen and oxygen atoms in total. The third kappa shape index (κ3) is 3.12. The zero-order chi connectivity index (χ0) is 19.9. The Morgan fingerprint density at radius 1 is 1.26 bits per heavy atom. The van der Waals surface area contributed by atoms with E-state index >= 15 is 0 Å². The van der Waals surface area contributed by atoms with E-state index in [1.807, 2.05) is 0 Å². The molecule has 0 aliphatic rings. The first-order valence-electron chi connectivity index (χ1n) is 7.93. The zero-order valence-electron chi connectivity index (χ0n) is 14.3. The fourth-order valence-corrected chi connectivity index (χ4v) is 3.19. The van der Waals surface area contributed by atoms with Gasteiger partial charge in [-0.1, -0.05) is 11.6 Å². The van der Waals surface area contributed by atoms with Crippen LogP contribution in [-0.4, -0.2) is 25.4 Å². The average molecular weight is 394 g/mol. The summed E-state index contributed by atoms with van der Waals surface area (Å²) in [6.45, 7) is 3.64. The van der Waals surface area contributed by atoms with Crippen LogP contribution in [0.5, 0.6) is 0 Å². The van der Waals surface area contributed by atoms with Gasteiger partial charge in [0.05, 0.1) is 5.69 Å². The first-order chi connectivity index (χ1) is 12.8. The molecular weight excluding hydrogens is 380 g/mol. The molecule has 0 bridgehead atoms. The lowest BCUT2D eigenvalue weighted by atomic mass is 10.0. The van der Waals surface area contributed by atoms with E-state index in [2.05, 4.69) is 5.10 Å². The number of hydrogen-bond donors (Lipinski definition) is 1. The molecular formula is C18H14ClF2N3O3. The molecule has 0 saturated heterocycles. The molecule has 0 fully saturated rings. The van der Waals surface area contributed by atoms with Crippen LogP contribution in [0.4, 0.5) is 8.78 Å². The summed E-state index contributed by atoms with van der Waals surface area (Å²) < 4.78 is 29.8. The van der Waals surface area contributed by atoms with E-state index in [4.69, 9.17) is 11.6 Å². The van der Waals surface area contributed by atoms with Gasteiger partial charge in [-0.3, -0.25) is 4.79 Å². The minimum atomic E-state index is -1.48. The minimum absolute atomic E-state index is 0.00611. The van der Waals surface area contributed by atoms with Gasteiger partial charge in [0, 0.05) is 24.0 Å². The fourth-order valence-electron chi connectivity index (χ4n) is 3.05. The molecule has 2 aromatic heterocycles. The predicted molar refractivity (Wildman–Crippen MR) is 95.6 cm³/mol. The minimum Gasteiger partial charge on any atom is -0.477 e. The molecule has 0 amide bonds. The van der Waals surface area contributed by atoms with Crippen molar-refractivity contribution in [3.8, 4) is 16.9 Å². The summed E-state index contributed by atoms with van der Waals surface area (Å²) in [6.07, 6.45) is 1.44. The van der Waals surface area contributed by atoms with Gasteiger partial charge in [0.15, 0.2) is 16.8 Å². The average Bonchev–Trinajstić information content (AvgIpc) is 3.02. The van der Waals surface area contributed by atoms with Crippen molar-refractivity contribution >= 4 is 17.6 Å². The molecule has 3 aromatic rings. The molecule has 0 spiro atoms. The highest BCUT2D eigenvalue weighted by molar-refractivity contribution is 6.29. The zero-order valence-corrected chi connectivity index (χ0v) is 15.1. The first-order valence-corrected chi connectivity index (χ1v) is 8.31. The van der Waals surface area contributed by atoms with Gasteiger partial charge < -0.3 is 9.67 Å². The number of aromatic nitrogens is 3. The molecule has 0 aliphatic heterocycles. The second kappa shape index (κ2) is 6.96. The van der Waals surface area contributed by atoms with E-state index in [1.54, 1.807) is 18.4 Å².